The first-order chi connectivity index (χ1) is 13.2. The molecule has 5 rings (SSSR count). The molecular weight excluding hydrogens is 344 g/mol. The van der Waals surface area contributed by atoms with Gasteiger partial charge in [0.05, 0.1) is 12.2 Å². The van der Waals surface area contributed by atoms with Crippen molar-refractivity contribution in [2.75, 3.05) is 0 Å². The molecule has 10 atom stereocenters. The van der Waals surface area contributed by atoms with Gasteiger partial charge in [0.1, 0.15) is 0 Å². The van der Waals surface area contributed by atoms with Gasteiger partial charge in [0.25, 0.3) is 0 Å². The predicted molar refractivity (Wildman–Crippen MR) is 114 cm³/mol. The van der Waals surface area contributed by atoms with Crippen molar-refractivity contribution in [1.82, 2.24) is 0 Å². The lowest BCUT2D eigenvalue weighted by molar-refractivity contribution is -0.156. The Morgan fingerprint density at radius 1 is 0.857 bits per heavy atom. The number of hydrogen-bond acceptors (Lipinski definition) is 2. The largest absolute Gasteiger partial charge is 0.393 e. The maximum atomic E-state index is 10.5. The van der Waals surface area contributed by atoms with Gasteiger partial charge in [-0.25, -0.2) is 0 Å². The molecular formula is C26H42O2. The third-order valence-corrected chi connectivity index (χ3v) is 11.2. The highest BCUT2D eigenvalue weighted by atomic mass is 16.3. The summed E-state index contributed by atoms with van der Waals surface area (Å²) in [6.45, 7) is 10.0. The molecule has 4 fully saturated rings. The molecule has 0 saturated heterocycles. The number of allylic oxidation sites excluding steroid dienone is 2. The summed E-state index contributed by atoms with van der Waals surface area (Å²) in [5.41, 5.74) is 2.98. The number of hydrogen-bond donors (Lipinski definition) is 2. The fourth-order valence-electron chi connectivity index (χ4n) is 9.47. The van der Waals surface area contributed by atoms with Crippen LogP contribution in [0.15, 0.2) is 11.6 Å². The molecule has 0 spiro atoms. The highest BCUT2D eigenvalue weighted by Gasteiger charge is 2.62. The molecule has 5 aliphatic rings. The van der Waals surface area contributed by atoms with E-state index in [1.54, 1.807) is 5.57 Å². The lowest BCUT2D eigenvalue weighted by atomic mass is 9.39. The Bertz CT molecular complexity index is 669. The fourth-order valence-corrected chi connectivity index (χ4v) is 9.47. The molecule has 158 valence electrons. The maximum Gasteiger partial charge on any atom is 0.0568 e. The van der Waals surface area contributed by atoms with Crippen LogP contribution in [0, 0.1) is 45.8 Å². The van der Waals surface area contributed by atoms with Crippen LogP contribution in [-0.2, 0) is 0 Å². The predicted octanol–water partition coefficient (Wildman–Crippen LogP) is 5.72. The highest BCUT2D eigenvalue weighted by molar-refractivity contribution is 5.28. The second-order valence-corrected chi connectivity index (χ2v) is 12.3. The van der Waals surface area contributed by atoms with Gasteiger partial charge in [-0.2, -0.15) is 0 Å². The van der Waals surface area contributed by atoms with Crippen LogP contribution in [0.25, 0.3) is 0 Å². The van der Waals surface area contributed by atoms with Crippen LogP contribution in [0.5, 0.6) is 0 Å². The summed E-state index contributed by atoms with van der Waals surface area (Å²) in [5.74, 6) is 3.26. The Morgan fingerprint density at radius 3 is 2.36 bits per heavy atom. The zero-order valence-electron chi connectivity index (χ0n) is 18.6. The van der Waals surface area contributed by atoms with Crippen LogP contribution in [-0.4, -0.2) is 22.4 Å². The standard InChI is InChI=1S/C26H42O2/c1-16-19-9-13-26(4)20-8-12-24(2)11-7-17(27)15-21(24)18(20)5-6-23(26)25(19,3)14-10-22(16)28/h5,16-17,19-23,27-28H,6-15H2,1-4H3. The summed E-state index contributed by atoms with van der Waals surface area (Å²) in [7, 11) is 0. The van der Waals surface area contributed by atoms with Crippen LogP contribution in [0.2, 0.25) is 0 Å². The third-order valence-electron chi connectivity index (χ3n) is 11.2. The van der Waals surface area contributed by atoms with Gasteiger partial charge in [-0.05, 0) is 110 Å². The van der Waals surface area contributed by atoms with Gasteiger partial charge >= 0.3 is 0 Å². The molecule has 0 aromatic carbocycles. The van der Waals surface area contributed by atoms with Crippen molar-refractivity contribution in [3.05, 3.63) is 11.6 Å². The van der Waals surface area contributed by atoms with Crippen LogP contribution >= 0.6 is 0 Å². The SMILES string of the molecule is CC1C(O)CCC2(C)C1CCC1(C)C3CCC4(C)CCC(O)CC4C3=CCC12. The fraction of sp³-hybridized carbons (Fsp3) is 0.923. The van der Waals surface area contributed by atoms with E-state index in [4.69, 9.17) is 0 Å². The van der Waals surface area contributed by atoms with E-state index in [1.165, 1.54) is 44.9 Å². The third kappa shape index (κ3) is 2.52. The lowest BCUT2D eigenvalue weighted by Gasteiger charge is -2.66. The molecule has 0 bridgehead atoms. The highest BCUT2D eigenvalue weighted by Crippen LogP contribution is 2.69. The first kappa shape index (κ1) is 19.6. The number of rotatable bonds is 0. The zero-order valence-corrected chi connectivity index (χ0v) is 18.6. The molecule has 10 unspecified atom stereocenters. The Kier molecular flexibility index (Phi) is 4.43. The van der Waals surface area contributed by atoms with Crippen molar-refractivity contribution < 1.29 is 10.2 Å². The van der Waals surface area contributed by atoms with E-state index in [1.807, 2.05) is 0 Å². The minimum Gasteiger partial charge on any atom is -0.393 e. The van der Waals surface area contributed by atoms with Crippen LogP contribution in [0.1, 0.15) is 91.9 Å². The minimum absolute atomic E-state index is 0.0859. The molecule has 0 aliphatic heterocycles. The summed E-state index contributed by atoms with van der Waals surface area (Å²) in [6.07, 6.45) is 14.5. The average Bonchev–Trinajstić information content (AvgIpc) is 2.65. The van der Waals surface area contributed by atoms with Gasteiger partial charge in [-0.15, -0.1) is 0 Å². The van der Waals surface area contributed by atoms with Gasteiger partial charge in [0, 0.05) is 0 Å². The minimum atomic E-state index is -0.0868. The molecule has 2 heteroatoms. The van der Waals surface area contributed by atoms with Crippen molar-refractivity contribution >= 4 is 0 Å². The molecule has 2 N–H and O–H groups in total. The van der Waals surface area contributed by atoms with E-state index in [-0.39, 0.29) is 12.2 Å². The topological polar surface area (TPSA) is 40.5 Å². The molecule has 0 amide bonds. The van der Waals surface area contributed by atoms with Crippen LogP contribution in [0.4, 0.5) is 0 Å². The molecule has 4 saturated carbocycles. The molecule has 28 heavy (non-hydrogen) atoms. The van der Waals surface area contributed by atoms with E-state index in [9.17, 15) is 10.2 Å². The molecule has 0 aromatic heterocycles. The van der Waals surface area contributed by atoms with E-state index in [2.05, 4.69) is 33.8 Å². The van der Waals surface area contributed by atoms with Gasteiger partial charge in [-0.1, -0.05) is 39.3 Å². The molecule has 0 radical (unpaired) electrons. The first-order valence-electron chi connectivity index (χ1n) is 12.3. The smallest absolute Gasteiger partial charge is 0.0568 e. The zero-order chi connectivity index (χ0) is 19.9. The Hall–Kier alpha value is -0.340. The van der Waals surface area contributed by atoms with Crippen molar-refractivity contribution in [3.63, 3.8) is 0 Å². The van der Waals surface area contributed by atoms with Crippen molar-refractivity contribution in [2.24, 2.45) is 45.8 Å². The Balaban J connectivity index is 1.51. The van der Waals surface area contributed by atoms with E-state index in [0.717, 1.165) is 31.1 Å². The normalized spacial score (nSPS) is 58.6. The van der Waals surface area contributed by atoms with Crippen LogP contribution < -0.4 is 0 Å². The van der Waals surface area contributed by atoms with Crippen molar-refractivity contribution in [3.8, 4) is 0 Å². The quantitative estimate of drug-likeness (QED) is 0.522. The van der Waals surface area contributed by atoms with Gasteiger partial charge in [0.2, 0.25) is 0 Å². The average molecular weight is 387 g/mol. The summed E-state index contributed by atoms with van der Waals surface area (Å²) >= 11 is 0. The van der Waals surface area contributed by atoms with Gasteiger partial charge in [0.15, 0.2) is 0 Å². The lowest BCUT2D eigenvalue weighted by Crippen LogP contribution is -2.59. The summed E-state index contributed by atoms with van der Waals surface area (Å²) in [5, 5.41) is 21.0. The second-order valence-electron chi connectivity index (χ2n) is 12.3. The van der Waals surface area contributed by atoms with Gasteiger partial charge in [-0.3, -0.25) is 0 Å². The summed E-state index contributed by atoms with van der Waals surface area (Å²) in [6, 6.07) is 0. The maximum absolute atomic E-state index is 10.5. The molecule has 0 aromatic rings. The Labute approximate surface area is 172 Å². The number of fused-ring (bicyclic) bond motifs is 7. The monoisotopic (exact) mass is 386 g/mol. The second kappa shape index (κ2) is 6.33. The van der Waals surface area contributed by atoms with Gasteiger partial charge < -0.3 is 10.2 Å². The summed E-state index contributed by atoms with van der Waals surface area (Å²) < 4.78 is 0. The Morgan fingerprint density at radius 2 is 1.57 bits per heavy atom. The number of aliphatic hydroxyl groups is 2. The molecule has 0 heterocycles. The van der Waals surface area contributed by atoms with Crippen molar-refractivity contribution in [1.29, 1.82) is 0 Å². The molecule has 2 nitrogen and oxygen atoms in total. The molecule has 5 aliphatic carbocycles. The first-order valence-corrected chi connectivity index (χ1v) is 12.3. The van der Waals surface area contributed by atoms with Crippen molar-refractivity contribution in [2.45, 2.75) is 104 Å². The summed E-state index contributed by atoms with van der Waals surface area (Å²) in [4.78, 5) is 0. The van der Waals surface area contributed by atoms with Crippen LogP contribution in [0.3, 0.4) is 0 Å². The van der Waals surface area contributed by atoms with E-state index >= 15 is 0 Å². The van der Waals surface area contributed by atoms with E-state index in [0.29, 0.717) is 34.0 Å². The van der Waals surface area contributed by atoms with E-state index < -0.39 is 0 Å². The number of aliphatic hydroxyl groups excluding tert-OH is 2.